The van der Waals surface area contributed by atoms with E-state index in [1.54, 1.807) is 24.3 Å². The summed E-state index contributed by atoms with van der Waals surface area (Å²) in [5.41, 5.74) is 8.59. The second kappa shape index (κ2) is 47.5. The van der Waals surface area contributed by atoms with Gasteiger partial charge in [-0.1, -0.05) is 78.8 Å². The molecule has 5 heterocycles. The maximum Gasteiger partial charge on any atom is 0.407 e. The first kappa shape index (κ1) is 96.7. The van der Waals surface area contributed by atoms with Gasteiger partial charge in [-0.3, -0.25) is 62.2 Å². The predicted octanol–water partition coefficient (Wildman–Crippen LogP) is -0.00750. The van der Waals surface area contributed by atoms with Gasteiger partial charge in [-0.25, -0.2) is 29.1 Å². The first-order chi connectivity index (χ1) is 57.7. The molecule has 0 saturated carbocycles. The van der Waals surface area contributed by atoms with Crippen molar-refractivity contribution in [3.8, 4) is 5.88 Å². The van der Waals surface area contributed by atoms with Gasteiger partial charge in [0.25, 0.3) is 5.91 Å². The van der Waals surface area contributed by atoms with Crippen LogP contribution in [0.1, 0.15) is 133 Å². The molecule has 2 aliphatic heterocycles. The van der Waals surface area contributed by atoms with Gasteiger partial charge in [-0.05, 0) is 82.7 Å². The monoisotopic (exact) mass is 1710 g/mol. The van der Waals surface area contributed by atoms with Crippen LogP contribution in [0.25, 0.3) is 11.2 Å². The van der Waals surface area contributed by atoms with Crippen molar-refractivity contribution in [2.45, 2.75) is 204 Å². The van der Waals surface area contributed by atoms with Crippen molar-refractivity contribution in [1.29, 1.82) is 0 Å². The number of nitrogens with one attached hydrogen (secondary N) is 9. The zero-order valence-electron chi connectivity index (χ0n) is 66.6. The van der Waals surface area contributed by atoms with E-state index in [-0.39, 0.29) is 92.0 Å². The molecular weight excluding hydrogens is 1610 g/mol. The third-order valence-electron chi connectivity index (χ3n) is 18.4. The number of carbonyl (C=O) groups is 16. The number of hydrogen-bond acceptors (Lipinski definition) is 29. The number of aliphatic hydroxyl groups is 1. The fourth-order valence-corrected chi connectivity index (χ4v) is 12.3. The van der Waals surface area contributed by atoms with Gasteiger partial charge in [0.2, 0.25) is 47.3 Å². The number of allylic oxidation sites excluding steroid dienone is 7. The Bertz CT molecular complexity index is 4680. The summed E-state index contributed by atoms with van der Waals surface area (Å²) in [7, 11) is 0. The second-order valence-corrected chi connectivity index (χ2v) is 28.5. The maximum atomic E-state index is 13.8. The van der Waals surface area contributed by atoms with E-state index in [1.807, 2.05) is 78.6 Å². The lowest BCUT2D eigenvalue weighted by molar-refractivity contribution is -0.145. The van der Waals surface area contributed by atoms with Crippen molar-refractivity contribution in [1.82, 2.24) is 77.5 Å². The molecule has 1 aromatic carbocycles. The molecule has 2 aliphatic rings. The Hall–Kier alpha value is -14.1. The molecule has 1 fully saturated rings. The third kappa shape index (κ3) is 33.0. The number of aliphatic carboxylic acids is 7. The van der Waals surface area contributed by atoms with Crippen LogP contribution in [-0.4, -0.2) is 255 Å². The SMILES string of the molecule is C/C=C/[C@@H]1O[C@H]([C@@H](/C=C/C=C(\C)C[C@@H](C)/C=C(C)\C=C\[C@H]2CC=CC(=O)O2)NC(=O)OCCc2cn(CCC[C@H](NC(=O)[C@@H](CC(=O)O)NC(=O)[C@@H](CC(=O)O)NC(=O)[C@@H](CC(=O)O)NC(=O)[C@@H](CC(=O)O)NC(=O)[C@@H](CC(=O)O)NC(=O)CC[C@H](NC(=O)c3ccc(NCc4cnc5nc(N)nc(O)c5n4)cc3)C(=O)O)C(=O)O)nn2)C[C@@H](O)[C@@H]1C. The Balaban J connectivity index is 1.01. The van der Waals surface area contributed by atoms with Crippen LogP contribution in [-0.2, 0) is 101 Å². The van der Waals surface area contributed by atoms with E-state index in [2.05, 4.69) is 64.5 Å². The molecule has 45 nitrogen and oxygen atoms in total. The fraction of sp³-hybridized carbons (Fsp3) is 0.455. The average Bonchev–Trinajstić information content (AvgIpc) is 0.818. The fourth-order valence-electron chi connectivity index (χ4n) is 12.3. The Kier molecular flexibility index (Phi) is 37.6. The summed E-state index contributed by atoms with van der Waals surface area (Å²) in [5.74, 6) is -24.0. The van der Waals surface area contributed by atoms with Crippen molar-refractivity contribution >= 4 is 118 Å². The van der Waals surface area contributed by atoms with E-state index >= 15 is 0 Å². The van der Waals surface area contributed by atoms with Gasteiger partial charge in [-0.15, -0.1) is 5.10 Å². The summed E-state index contributed by atoms with van der Waals surface area (Å²) in [5, 5.41) is 118. The number of aryl methyl sites for hydroxylation is 1. The quantitative estimate of drug-likeness (QED) is 0.0157. The zero-order chi connectivity index (χ0) is 90.0. The molecule has 1 saturated heterocycles. The lowest BCUT2D eigenvalue weighted by Crippen LogP contribution is -2.60. The largest absolute Gasteiger partial charge is 0.492 e. The first-order valence-corrected chi connectivity index (χ1v) is 38.1. The standard InChI is InChI=1S/C77H97N17O28/c1-6-10-56-41(5)55(95)34-57(122-56)47(13-7-11-38(2)27-40(4)28-39(3)16-21-46-12-8-15-64(107)121-46)89-77(119)120-26-24-44-37-94(93-92-44)25-9-14-48(74(115)116)84-69(110)51(30-60(99)100)86-71(112)53(32-62(103)104)88-72(113)54(33-63(105)106)87-70(111)52(31-61(101)102)85-68(109)50(29-59(97)98)82-58(96)23-22-49(75(117)118)83-67(108)42-17-19-43(20-18-42)79-35-45-36-80-66-65(81-45)73(114)91-76(78)90-66/h6-8,10-11,13,15-21,28,36-37,40-41,46-57,79,95H,9,12,14,22-27,29-35H2,1-5H3,(H,82,96)(H,83,108)(H,84,110)(H,85,109)(H,86,112)(H,87,111)(H,88,113)(H,89,119)(H,97,98)(H,99,100)(H,101,102)(H,103,104)(H,105,106)(H,115,116)(H,117,118)(H3,78,80,90,91,114)/b10-6+,13-7+,21-16+,38-11+,39-28-/t40-,41+,46-,47-,48+,49+,50-,51-,52-,53-,54-,55-,56+,57+/m1/s1. The van der Waals surface area contributed by atoms with Crippen LogP contribution < -0.4 is 53.6 Å². The molecule has 4 aromatic rings. The van der Waals surface area contributed by atoms with Crippen molar-refractivity contribution in [2.24, 2.45) is 11.8 Å². The van der Waals surface area contributed by atoms with Crippen LogP contribution in [0.2, 0.25) is 0 Å². The molecule has 0 bridgehead atoms. The number of nitrogens with zero attached hydrogens (tertiary/aromatic N) is 7. The summed E-state index contributed by atoms with van der Waals surface area (Å²) in [4.78, 5) is 221. The molecular formula is C77H97N17O28. The number of carboxylic acid groups (broad SMARTS) is 7. The number of nitrogen functional groups attached to an aromatic ring is 1. The number of benzene rings is 1. The number of carbonyl (C=O) groups excluding carboxylic acids is 9. The number of cyclic esters (lactones) is 1. The molecule has 14 atom stereocenters. The van der Waals surface area contributed by atoms with E-state index in [1.165, 1.54) is 47.4 Å². The molecule has 20 N–H and O–H groups in total. The van der Waals surface area contributed by atoms with E-state index in [9.17, 15) is 123 Å². The highest BCUT2D eigenvalue weighted by molar-refractivity contribution is 6.01. The van der Waals surface area contributed by atoms with E-state index in [0.29, 0.717) is 29.9 Å². The Morgan fingerprint density at radius 3 is 1.77 bits per heavy atom. The van der Waals surface area contributed by atoms with E-state index in [4.69, 9.17) is 19.9 Å². The maximum absolute atomic E-state index is 13.8. The summed E-state index contributed by atoms with van der Waals surface area (Å²) in [6.07, 6.45) is 10.5. The number of ether oxygens (including phenoxy) is 3. The number of aromatic hydroxyl groups is 1. The number of amides is 8. The number of hydrogen-bond donors (Lipinski definition) is 19. The number of anilines is 2. The molecule has 0 unspecified atom stereocenters. The lowest BCUT2D eigenvalue weighted by Gasteiger charge is -2.39. The zero-order valence-corrected chi connectivity index (χ0v) is 66.6. The highest BCUT2D eigenvalue weighted by atomic mass is 16.6. The summed E-state index contributed by atoms with van der Waals surface area (Å²) >= 11 is 0. The molecule has 8 amide bonds. The summed E-state index contributed by atoms with van der Waals surface area (Å²) < 4.78 is 18.5. The number of nitrogens with two attached hydrogens (primary N) is 1. The molecule has 3 aromatic heterocycles. The number of alkyl carbamates (subject to hydrolysis) is 1. The van der Waals surface area contributed by atoms with Gasteiger partial charge in [0.15, 0.2) is 11.2 Å². The minimum Gasteiger partial charge on any atom is -0.492 e. The average molecular weight is 1710 g/mol. The minimum atomic E-state index is -2.42. The normalized spacial score (nSPS) is 18.2. The first-order valence-electron chi connectivity index (χ1n) is 38.1. The molecule has 658 valence electrons. The number of esters is 1. The smallest absolute Gasteiger partial charge is 0.407 e. The number of aliphatic hydroxyl groups excluding tert-OH is 1. The van der Waals surface area contributed by atoms with Crippen LogP contribution in [0.5, 0.6) is 5.88 Å². The van der Waals surface area contributed by atoms with Gasteiger partial charge in [-0.2, -0.15) is 9.97 Å². The highest BCUT2D eigenvalue weighted by Gasteiger charge is 2.40. The Morgan fingerprint density at radius 2 is 1.23 bits per heavy atom. The second-order valence-electron chi connectivity index (χ2n) is 28.5. The van der Waals surface area contributed by atoms with Gasteiger partial charge in [0.1, 0.15) is 48.4 Å². The lowest BCUT2D eigenvalue weighted by atomic mass is 9.87. The van der Waals surface area contributed by atoms with E-state index < -0.39 is 207 Å². The molecule has 0 spiro atoms. The molecule has 45 heteroatoms. The van der Waals surface area contributed by atoms with Crippen molar-refractivity contribution < 1.29 is 137 Å². The van der Waals surface area contributed by atoms with Crippen LogP contribution >= 0.6 is 0 Å². The molecule has 0 radical (unpaired) electrons. The molecule has 122 heavy (non-hydrogen) atoms. The van der Waals surface area contributed by atoms with Crippen LogP contribution in [0.15, 0.2) is 109 Å². The number of rotatable bonds is 48. The van der Waals surface area contributed by atoms with Gasteiger partial charge in [0, 0.05) is 61.7 Å². The Morgan fingerprint density at radius 1 is 0.680 bits per heavy atom. The van der Waals surface area contributed by atoms with Crippen molar-refractivity contribution in [2.75, 3.05) is 17.7 Å². The van der Waals surface area contributed by atoms with Gasteiger partial charge < -0.3 is 114 Å². The predicted molar refractivity (Wildman–Crippen MR) is 421 cm³/mol. The minimum absolute atomic E-state index is 0.0203. The number of aromatic nitrogens is 7. The van der Waals surface area contributed by atoms with Gasteiger partial charge in [0.05, 0.1) is 87.2 Å². The summed E-state index contributed by atoms with van der Waals surface area (Å²) in [6.45, 7) is 9.46. The van der Waals surface area contributed by atoms with Crippen molar-refractivity contribution in [3.05, 3.63) is 126 Å². The molecule has 0 aliphatic carbocycles. The van der Waals surface area contributed by atoms with Crippen LogP contribution in [0.4, 0.5) is 16.4 Å². The van der Waals surface area contributed by atoms with Gasteiger partial charge >= 0.3 is 53.8 Å². The number of fused-ring (bicyclic) bond motifs is 1. The number of carboxylic acids is 7. The van der Waals surface area contributed by atoms with E-state index in [0.717, 1.165) is 11.1 Å². The third-order valence-corrected chi connectivity index (χ3v) is 18.4. The summed E-state index contributed by atoms with van der Waals surface area (Å²) in [6, 6.07) is -10.5. The highest BCUT2D eigenvalue weighted by Crippen LogP contribution is 2.29. The topological polar surface area (TPSA) is 699 Å². The van der Waals surface area contributed by atoms with Crippen LogP contribution in [0.3, 0.4) is 0 Å². The Labute approximate surface area is 694 Å². The van der Waals surface area contributed by atoms with Crippen LogP contribution in [0, 0.1) is 11.8 Å². The van der Waals surface area contributed by atoms with Crippen molar-refractivity contribution in [3.63, 3.8) is 0 Å². The molecule has 6 rings (SSSR count).